The molecule has 3 aromatic rings. The third-order valence-corrected chi connectivity index (χ3v) is 6.15. The molecule has 0 aliphatic heterocycles. The van der Waals surface area contributed by atoms with Crippen molar-refractivity contribution in [1.82, 2.24) is 10.4 Å². The molecular formula is C30H34N2O6. The number of aliphatic carboxylic acids is 1. The first kappa shape index (κ1) is 28.4. The first-order valence-electron chi connectivity index (χ1n) is 12.5. The zero-order chi connectivity index (χ0) is 27.5. The lowest BCUT2D eigenvalue weighted by Crippen LogP contribution is -2.59. The normalized spacial score (nSPS) is 12.3. The van der Waals surface area contributed by atoms with Crippen molar-refractivity contribution in [2.45, 2.75) is 52.3 Å². The number of esters is 1. The van der Waals surface area contributed by atoms with Crippen molar-refractivity contribution in [3.8, 4) is 0 Å². The summed E-state index contributed by atoms with van der Waals surface area (Å²) < 4.78 is 10.8. The molecule has 0 aliphatic rings. The number of benzene rings is 3. The number of hydrogen-bond acceptors (Lipinski definition) is 6. The van der Waals surface area contributed by atoms with E-state index >= 15 is 0 Å². The molecule has 0 aliphatic carbocycles. The van der Waals surface area contributed by atoms with E-state index in [0.29, 0.717) is 0 Å². The van der Waals surface area contributed by atoms with Crippen molar-refractivity contribution in [2.24, 2.45) is 0 Å². The van der Waals surface area contributed by atoms with Crippen LogP contribution in [-0.4, -0.2) is 46.8 Å². The molecule has 0 spiro atoms. The molecule has 0 heterocycles. The lowest BCUT2D eigenvalue weighted by Gasteiger charge is -2.32. The van der Waals surface area contributed by atoms with Crippen LogP contribution in [0.5, 0.6) is 0 Å². The number of nitrogens with one attached hydrogen (secondary N) is 1. The third kappa shape index (κ3) is 8.18. The van der Waals surface area contributed by atoms with E-state index < -0.39 is 30.1 Å². The minimum absolute atomic E-state index is 0.0480. The minimum atomic E-state index is -1.21. The Bertz CT molecular complexity index is 1220. The van der Waals surface area contributed by atoms with Gasteiger partial charge in [0, 0.05) is 12.8 Å². The highest BCUT2D eigenvalue weighted by atomic mass is 16.6. The highest BCUT2D eigenvalue weighted by molar-refractivity contribution is 5.82. The molecule has 200 valence electrons. The van der Waals surface area contributed by atoms with Gasteiger partial charge in [-0.2, -0.15) is 0 Å². The standard InChI is InChI=1S/C30H34N2O6/c1-4-37-29(35)27(19-23-11-7-5-8-12-23)32(30(36)38-20-24-13-9-6-10-14-24)31-26(28(33)34)18-25-16-15-21(2)22(3)17-25/h5-17,26-27,31H,4,18-20H2,1-3H3,(H,33,34)/t26-,27-/m0/s1. The number of carboxylic acid groups (broad SMARTS) is 1. The number of carbonyl (C=O) groups is 3. The number of carboxylic acids is 1. The second kappa shape index (κ2) is 13.9. The molecule has 0 unspecified atom stereocenters. The SMILES string of the molecule is CCOC(=O)[C@H](Cc1ccccc1)N(N[C@@H](Cc1ccc(C)c(C)c1)C(=O)O)C(=O)OCc1ccccc1. The maximum atomic E-state index is 13.4. The van der Waals surface area contributed by atoms with Crippen molar-refractivity contribution in [2.75, 3.05) is 6.61 Å². The van der Waals surface area contributed by atoms with Crippen LogP contribution in [0.2, 0.25) is 0 Å². The number of carbonyl (C=O) groups excluding carboxylic acids is 2. The van der Waals surface area contributed by atoms with Crippen molar-refractivity contribution in [3.05, 3.63) is 107 Å². The second-order valence-corrected chi connectivity index (χ2v) is 9.01. The van der Waals surface area contributed by atoms with Gasteiger partial charge in [-0.25, -0.2) is 20.0 Å². The smallest absolute Gasteiger partial charge is 0.425 e. The van der Waals surface area contributed by atoms with Gasteiger partial charge in [0.2, 0.25) is 0 Å². The molecular weight excluding hydrogens is 484 g/mol. The Balaban J connectivity index is 1.92. The van der Waals surface area contributed by atoms with Gasteiger partial charge in [0.1, 0.15) is 12.6 Å². The molecule has 2 N–H and O–H groups in total. The number of amides is 1. The van der Waals surface area contributed by atoms with Gasteiger partial charge in [0.15, 0.2) is 6.04 Å². The molecule has 0 aromatic heterocycles. The topological polar surface area (TPSA) is 105 Å². The van der Waals surface area contributed by atoms with Crippen LogP contribution in [-0.2, 0) is 38.5 Å². The van der Waals surface area contributed by atoms with E-state index in [4.69, 9.17) is 9.47 Å². The fourth-order valence-corrected chi connectivity index (χ4v) is 3.94. The van der Waals surface area contributed by atoms with Crippen molar-refractivity contribution >= 4 is 18.0 Å². The van der Waals surface area contributed by atoms with E-state index in [0.717, 1.165) is 32.8 Å². The molecule has 1 amide bonds. The largest absolute Gasteiger partial charge is 0.480 e. The van der Waals surface area contributed by atoms with Gasteiger partial charge in [-0.05, 0) is 48.6 Å². The summed E-state index contributed by atoms with van der Waals surface area (Å²) in [6.07, 6.45) is -0.697. The molecule has 3 rings (SSSR count). The third-order valence-electron chi connectivity index (χ3n) is 6.15. The van der Waals surface area contributed by atoms with Crippen molar-refractivity contribution in [3.63, 3.8) is 0 Å². The Morgan fingerprint density at radius 3 is 2.03 bits per heavy atom. The quantitative estimate of drug-likeness (QED) is 0.266. The van der Waals surface area contributed by atoms with Crippen LogP contribution < -0.4 is 5.43 Å². The number of rotatable bonds is 12. The first-order chi connectivity index (χ1) is 18.3. The van der Waals surface area contributed by atoms with Gasteiger partial charge in [-0.3, -0.25) is 4.79 Å². The fourth-order valence-electron chi connectivity index (χ4n) is 3.94. The molecule has 0 bridgehead atoms. The summed E-state index contributed by atoms with van der Waals surface area (Å²) in [5.74, 6) is -1.85. The van der Waals surface area contributed by atoms with Crippen LogP contribution in [0, 0.1) is 13.8 Å². The summed E-state index contributed by atoms with van der Waals surface area (Å²) in [6.45, 7) is 5.65. The summed E-state index contributed by atoms with van der Waals surface area (Å²) in [5.41, 5.74) is 7.21. The summed E-state index contributed by atoms with van der Waals surface area (Å²) in [5, 5.41) is 11.0. The van der Waals surface area contributed by atoms with Gasteiger partial charge < -0.3 is 14.6 Å². The Morgan fingerprint density at radius 1 is 0.816 bits per heavy atom. The Kier molecular flexibility index (Phi) is 10.4. The highest BCUT2D eigenvalue weighted by Gasteiger charge is 2.36. The van der Waals surface area contributed by atoms with Crippen LogP contribution in [0.15, 0.2) is 78.9 Å². The molecule has 0 fully saturated rings. The van der Waals surface area contributed by atoms with Gasteiger partial charge in [-0.1, -0.05) is 78.9 Å². The number of ether oxygens (including phenoxy) is 2. The van der Waals surface area contributed by atoms with Crippen LogP contribution in [0.4, 0.5) is 4.79 Å². The fraction of sp³-hybridized carbons (Fsp3) is 0.300. The summed E-state index contributed by atoms with van der Waals surface area (Å²) in [7, 11) is 0. The van der Waals surface area contributed by atoms with Crippen LogP contribution in [0.1, 0.15) is 34.7 Å². The zero-order valence-electron chi connectivity index (χ0n) is 21.9. The monoisotopic (exact) mass is 518 g/mol. The lowest BCUT2D eigenvalue weighted by molar-refractivity contribution is -0.152. The Hall–Kier alpha value is -4.17. The number of aryl methyl sites for hydroxylation is 2. The van der Waals surface area contributed by atoms with Gasteiger partial charge in [0.25, 0.3) is 0 Å². The average molecular weight is 519 g/mol. The van der Waals surface area contributed by atoms with E-state index in [2.05, 4.69) is 5.43 Å². The van der Waals surface area contributed by atoms with E-state index in [9.17, 15) is 19.5 Å². The Morgan fingerprint density at radius 2 is 1.45 bits per heavy atom. The molecule has 8 heteroatoms. The van der Waals surface area contributed by atoms with Gasteiger partial charge in [0.05, 0.1) is 6.61 Å². The zero-order valence-corrected chi connectivity index (χ0v) is 21.9. The predicted octanol–water partition coefficient (Wildman–Crippen LogP) is 4.62. The number of hydrazine groups is 1. The maximum absolute atomic E-state index is 13.4. The molecule has 8 nitrogen and oxygen atoms in total. The van der Waals surface area contributed by atoms with E-state index in [-0.39, 0.29) is 26.1 Å². The summed E-state index contributed by atoms with van der Waals surface area (Å²) in [4.78, 5) is 38.8. The van der Waals surface area contributed by atoms with Crippen LogP contribution in [0.25, 0.3) is 0 Å². The predicted molar refractivity (Wildman–Crippen MR) is 143 cm³/mol. The minimum Gasteiger partial charge on any atom is -0.480 e. The molecule has 38 heavy (non-hydrogen) atoms. The molecule has 0 saturated carbocycles. The van der Waals surface area contributed by atoms with Crippen molar-refractivity contribution < 1.29 is 29.0 Å². The number of nitrogens with zero attached hydrogens (tertiary/aromatic N) is 1. The lowest BCUT2D eigenvalue weighted by atomic mass is 10.0. The van der Waals surface area contributed by atoms with E-state index in [1.165, 1.54) is 0 Å². The van der Waals surface area contributed by atoms with E-state index in [1.54, 1.807) is 19.1 Å². The molecule has 2 atom stereocenters. The maximum Gasteiger partial charge on any atom is 0.425 e. The summed E-state index contributed by atoms with van der Waals surface area (Å²) in [6, 6.07) is 21.5. The van der Waals surface area contributed by atoms with Crippen LogP contribution >= 0.6 is 0 Å². The van der Waals surface area contributed by atoms with Gasteiger partial charge >= 0.3 is 18.0 Å². The van der Waals surface area contributed by atoms with Crippen molar-refractivity contribution in [1.29, 1.82) is 0 Å². The first-order valence-corrected chi connectivity index (χ1v) is 12.5. The number of hydrogen-bond donors (Lipinski definition) is 2. The highest BCUT2D eigenvalue weighted by Crippen LogP contribution is 2.16. The Labute approximate surface area is 223 Å². The van der Waals surface area contributed by atoms with E-state index in [1.807, 2.05) is 80.6 Å². The molecule has 3 aromatic carbocycles. The van der Waals surface area contributed by atoms with Crippen LogP contribution in [0.3, 0.4) is 0 Å². The van der Waals surface area contributed by atoms with Gasteiger partial charge in [-0.15, -0.1) is 0 Å². The average Bonchev–Trinajstić information content (AvgIpc) is 2.91. The summed E-state index contributed by atoms with van der Waals surface area (Å²) >= 11 is 0. The second-order valence-electron chi connectivity index (χ2n) is 9.01. The molecule has 0 saturated heterocycles. The molecule has 0 radical (unpaired) electrons.